The highest BCUT2D eigenvalue weighted by molar-refractivity contribution is 7.47. The van der Waals surface area contributed by atoms with Crippen LogP contribution in [-0.4, -0.2) is 96.7 Å². The monoisotopic (exact) mass is 1390 g/mol. The predicted octanol–water partition coefficient (Wildman–Crippen LogP) is 22.0. The topological polar surface area (TPSA) is 237 Å². The molecule has 0 aromatic carbocycles. The number of rotatable bonds is 74. The van der Waals surface area contributed by atoms with Crippen LogP contribution in [0, 0.1) is 5.92 Å². The number of unbranched alkanes of at least 4 members (excludes halogenated alkanes) is 43. The number of carbonyl (C=O) groups is 4. The van der Waals surface area contributed by atoms with Crippen LogP contribution in [0.25, 0.3) is 0 Å². The maximum absolute atomic E-state index is 13.1. The second-order valence-electron chi connectivity index (χ2n) is 27.2. The molecule has 2 unspecified atom stereocenters. The third-order valence-electron chi connectivity index (χ3n) is 17.2. The fourth-order valence-corrected chi connectivity index (χ4v) is 12.7. The minimum absolute atomic E-state index is 0.102. The van der Waals surface area contributed by atoms with Crippen LogP contribution in [0.4, 0.5) is 0 Å². The molecule has 0 saturated carbocycles. The smallest absolute Gasteiger partial charge is 0.462 e. The Morgan fingerprint density at radius 3 is 0.863 bits per heavy atom. The van der Waals surface area contributed by atoms with E-state index in [1.165, 1.54) is 180 Å². The molecule has 0 saturated heterocycles. The van der Waals surface area contributed by atoms with Crippen molar-refractivity contribution in [3.63, 3.8) is 0 Å². The minimum Gasteiger partial charge on any atom is -0.462 e. The van der Waals surface area contributed by atoms with E-state index in [0.29, 0.717) is 25.7 Å². The average molecular weight is 1390 g/mol. The Morgan fingerprint density at radius 2 is 0.568 bits per heavy atom. The molecule has 5 atom stereocenters. The Balaban J connectivity index is 5.28. The number of ether oxygens (including phenoxy) is 4. The van der Waals surface area contributed by atoms with Gasteiger partial charge in [-0.05, 0) is 57.3 Å². The van der Waals surface area contributed by atoms with Crippen LogP contribution in [0.2, 0.25) is 0 Å². The molecule has 0 heterocycles. The maximum atomic E-state index is 13.1. The van der Waals surface area contributed by atoms with Crippen molar-refractivity contribution in [3.8, 4) is 0 Å². The van der Waals surface area contributed by atoms with Crippen LogP contribution in [0.5, 0.6) is 0 Å². The molecule has 3 N–H and O–H groups in total. The molecule has 560 valence electrons. The Kier molecular flexibility index (Phi) is 66.9. The number of phosphoric acid groups is 2. The van der Waals surface area contributed by atoms with E-state index in [9.17, 15) is 43.2 Å². The number of aliphatic hydroxyl groups excluding tert-OH is 1. The van der Waals surface area contributed by atoms with Crippen LogP contribution in [0.15, 0.2) is 24.3 Å². The number of hydrogen-bond donors (Lipinski definition) is 3. The van der Waals surface area contributed by atoms with Crippen LogP contribution in [0.1, 0.15) is 375 Å². The maximum Gasteiger partial charge on any atom is 0.472 e. The van der Waals surface area contributed by atoms with Crippen LogP contribution >= 0.6 is 15.6 Å². The lowest BCUT2D eigenvalue weighted by Crippen LogP contribution is -2.30. The largest absolute Gasteiger partial charge is 0.472 e. The van der Waals surface area contributed by atoms with Gasteiger partial charge in [-0.3, -0.25) is 37.3 Å². The summed E-state index contributed by atoms with van der Waals surface area (Å²) >= 11 is 0. The molecule has 0 fully saturated rings. The molecule has 0 aliphatic heterocycles. The highest BCUT2D eigenvalue weighted by Gasteiger charge is 2.30. The molecule has 0 aromatic heterocycles. The van der Waals surface area contributed by atoms with Gasteiger partial charge in [0.1, 0.15) is 19.3 Å². The SMILES string of the molecule is CCCCCC/C=C\C=C/CCCCCCCC(=O)OC[C@H](COP(=O)(O)OC[C@@H](O)COP(=O)(O)OC[C@@H](COC(=O)CCCCCCCCCCCCC)OC(=O)CCCCCCCCCCCC(C)C)OC(=O)CCCCCCCCCCCCCCCCCCC. The van der Waals surface area contributed by atoms with Crippen molar-refractivity contribution in [2.24, 2.45) is 5.92 Å². The third kappa shape index (κ3) is 69.8. The predicted molar refractivity (Wildman–Crippen MR) is 386 cm³/mol. The Hall–Kier alpha value is -2.46. The fraction of sp³-hybridized carbons (Fsp3) is 0.895. The molecule has 0 amide bonds. The summed E-state index contributed by atoms with van der Waals surface area (Å²) in [7, 11) is -9.92. The Morgan fingerprint density at radius 1 is 0.326 bits per heavy atom. The van der Waals surface area contributed by atoms with E-state index in [4.69, 9.17) is 37.0 Å². The third-order valence-corrected chi connectivity index (χ3v) is 19.1. The first-order valence-electron chi connectivity index (χ1n) is 39.0. The highest BCUT2D eigenvalue weighted by Crippen LogP contribution is 2.45. The van der Waals surface area contributed by atoms with Crippen molar-refractivity contribution >= 4 is 39.5 Å². The summed E-state index contributed by atoms with van der Waals surface area (Å²) in [6.45, 7) is 7.20. The molecule has 19 heteroatoms. The van der Waals surface area contributed by atoms with Gasteiger partial charge in [-0.15, -0.1) is 0 Å². The van der Waals surface area contributed by atoms with Gasteiger partial charge in [0.2, 0.25) is 0 Å². The average Bonchev–Trinajstić information content (AvgIpc) is 3.20. The second kappa shape index (κ2) is 68.7. The van der Waals surface area contributed by atoms with Gasteiger partial charge in [0.25, 0.3) is 0 Å². The van der Waals surface area contributed by atoms with Gasteiger partial charge in [-0.1, -0.05) is 322 Å². The van der Waals surface area contributed by atoms with Gasteiger partial charge in [0.05, 0.1) is 26.4 Å². The van der Waals surface area contributed by atoms with Crippen LogP contribution in [0.3, 0.4) is 0 Å². The molecule has 0 rings (SSSR count). The second-order valence-corrected chi connectivity index (χ2v) is 30.1. The van der Waals surface area contributed by atoms with Crippen LogP contribution < -0.4 is 0 Å². The van der Waals surface area contributed by atoms with Crippen LogP contribution in [-0.2, 0) is 65.4 Å². The lowest BCUT2D eigenvalue weighted by Gasteiger charge is -2.21. The number of carbonyl (C=O) groups excluding carboxylic acids is 4. The summed E-state index contributed by atoms with van der Waals surface area (Å²) in [4.78, 5) is 72.8. The van der Waals surface area contributed by atoms with Gasteiger partial charge in [0, 0.05) is 25.7 Å². The Labute approximate surface area is 580 Å². The van der Waals surface area contributed by atoms with Crippen molar-refractivity contribution < 1.29 is 80.2 Å². The quantitative estimate of drug-likeness (QED) is 0.0169. The van der Waals surface area contributed by atoms with Crippen molar-refractivity contribution in [2.45, 2.75) is 393 Å². The summed E-state index contributed by atoms with van der Waals surface area (Å²) in [5.41, 5.74) is 0. The van der Waals surface area contributed by atoms with Gasteiger partial charge in [0.15, 0.2) is 12.2 Å². The van der Waals surface area contributed by atoms with E-state index < -0.39 is 97.5 Å². The summed E-state index contributed by atoms with van der Waals surface area (Å²) in [6, 6.07) is 0. The molecule has 0 bridgehead atoms. The summed E-state index contributed by atoms with van der Waals surface area (Å²) in [6.07, 6.45) is 60.4. The highest BCUT2D eigenvalue weighted by atomic mass is 31.2. The number of esters is 4. The minimum atomic E-state index is -4.96. The zero-order valence-electron chi connectivity index (χ0n) is 61.3. The van der Waals surface area contributed by atoms with E-state index in [1.54, 1.807) is 0 Å². The van der Waals surface area contributed by atoms with E-state index in [2.05, 4.69) is 58.9 Å². The van der Waals surface area contributed by atoms with Crippen molar-refractivity contribution in [3.05, 3.63) is 24.3 Å². The summed E-state index contributed by atoms with van der Waals surface area (Å²) in [5, 5.41) is 10.6. The molecule has 0 aromatic rings. The molecule has 0 aliphatic carbocycles. The first-order chi connectivity index (χ1) is 46.0. The molecule has 0 spiro atoms. The van der Waals surface area contributed by atoms with Gasteiger partial charge in [-0.2, -0.15) is 0 Å². The lowest BCUT2D eigenvalue weighted by atomic mass is 10.0. The molecule has 0 aliphatic rings. The number of aliphatic hydroxyl groups is 1. The molecular formula is C76H144O17P2. The molecular weight excluding hydrogens is 1250 g/mol. The Bertz CT molecular complexity index is 1920. The number of hydrogen-bond acceptors (Lipinski definition) is 15. The van der Waals surface area contributed by atoms with Gasteiger partial charge in [-0.25, -0.2) is 9.13 Å². The van der Waals surface area contributed by atoms with Gasteiger partial charge < -0.3 is 33.8 Å². The molecule has 17 nitrogen and oxygen atoms in total. The molecule has 95 heavy (non-hydrogen) atoms. The van der Waals surface area contributed by atoms with Gasteiger partial charge >= 0.3 is 39.5 Å². The fourth-order valence-electron chi connectivity index (χ4n) is 11.2. The number of phosphoric ester groups is 2. The number of allylic oxidation sites excluding steroid dienone is 4. The van der Waals surface area contributed by atoms with E-state index in [0.717, 1.165) is 115 Å². The standard InChI is InChI=1S/C76H144O17P2/c1-6-9-12-15-18-21-24-26-28-29-31-33-36-41-46-51-56-61-75(80)92-71(65-87-74(79)60-55-50-45-40-35-32-30-27-25-22-19-16-13-10-7-2)67-90-94(82,83)88-63-70(77)64-89-95(84,85)91-68-72(66-86-73(78)59-54-49-44-39-34-23-20-17-14-11-8-3)93-76(81)62-57-52-47-42-37-38-43-48-53-58-69(4)5/h22,25,27,30,69-72,77H,6-21,23-24,26,28-29,31-68H2,1-5H3,(H,82,83)(H,84,85)/b25-22-,30-27-/t70-,71-,72-/m1/s1. The normalized spacial score (nSPS) is 14.1. The van der Waals surface area contributed by atoms with Crippen molar-refractivity contribution in [1.82, 2.24) is 0 Å². The lowest BCUT2D eigenvalue weighted by molar-refractivity contribution is -0.161. The van der Waals surface area contributed by atoms with Crippen molar-refractivity contribution in [2.75, 3.05) is 39.6 Å². The summed E-state index contributed by atoms with van der Waals surface area (Å²) in [5.74, 6) is -1.41. The van der Waals surface area contributed by atoms with Crippen molar-refractivity contribution in [1.29, 1.82) is 0 Å². The zero-order chi connectivity index (χ0) is 69.8. The first kappa shape index (κ1) is 92.5. The van der Waals surface area contributed by atoms with E-state index in [1.807, 2.05) is 0 Å². The van der Waals surface area contributed by atoms with E-state index in [-0.39, 0.29) is 25.7 Å². The zero-order valence-corrected chi connectivity index (χ0v) is 63.1. The molecule has 0 radical (unpaired) electrons. The summed E-state index contributed by atoms with van der Waals surface area (Å²) < 4.78 is 68.5. The first-order valence-corrected chi connectivity index (χ1v) is 41.9. The van der Waals surface area contributed by atoms with E-state index >= 15 is 0 Å².